The lowest BCUT2D eigenvalue weighted by molar-refractivity contribution is 0.257. The topological polar surface area (TPSA) is 32.3 Å². The van der Waals surface area contributed by atoms with E-state index in [0.29, 0.717) is 23.8 Å². The third kappa shape index (κ3) is 3.47. The van der Waals surface area contributed by atoms with Gasteiger partial charge in [0.2, 0.25) is 0 Å². The highest BCUT2D eigenvalue weighted by atomic mass is 32.2. The number of fused-ring (bicyclic) bond motifs is 1. The molecule has 2 N–H and O–H groups in total. The molecular formula is C13H21NOS2. The fraction of sp³-hybridized carbons (Fsp3) is 0.692. The Kier molecular flexibility index (Phi) is 4.91. The summed E-state index contributed by atoms with van der Waals surface area (Å²) in [6.45, 7) is 5.79. The van der Waals surface area contributed by atoms with Crippen molar-refractivity contribution in [3.8, 4) is 0 Å². The van der Waals surface area contributed by atoms with E-state index in [1.165, 1.54) is 16.2 Å². The number of hydrogen-bond donors (Lipinski definition) is 2. The molecule has 2 nitrogen and oxygen atoms in total. The van der Waals surface area contributed by atoms with E-state index in [0.717, 1.165) is 13.0 Å². The van der Waals surface area contributed by atoms with Crippen LogP contribution in [0, 0.1) is 5.92 Å². The van der Waals surface area contributed by atoms with Gasteiger partial charge in [-0.15, -0.1) is 23.1 Å². The minimum atomic E-state index is 0.295. The van der Waals surface area contributed by atoms with Crippen molar-refractivity contribution in [3.05, 3.63) is 17.0 Å². The number of hydrogen-bond acceptors (Lipinski definition) is 4. The lowest BCUT2D eigenvalue weighted by Crippen LogP contribution is -2.30. The van der Waals surface area contributed by atoms with Crippen LogP contribution < -0.4 is 5.32 Å². The van der Waals surface area contributed by atoms with Gasteiger partial charge in [-0.05, 0) is 42.3 Å². The summed E-state index contributed by atoms with van der Waals surface area (Å²) >= 11 is 3.87. The highest BCUT2D eigenvalue weighted by molar-refractivity contribution is 8.01. The molecule has 0 aromatic carbocycles. The summed E-state index contributed by atoms with van der Waals surface area (Å²) in [5.74, 6) is 0.548. The second-order valence-electron chi connectivity index (χ2n) is 4.91. The summed E-state index contributed by atoms with van der Waals surface area (Å²) in [7, 11) is 0. The zero-order valence-corrected chi connectivity index (χ0v) is 12.1. The first kappa shape index (κ1) is 13.4. The second kappa shape index (κ2) is 6.23. The molecule has 2 rings (SSSR count). The number of thioether (sulfide) groups is 1. The van der Waals surface area contributed by atoms with Crippen molar-refractivity contribution in [1.29, 1.82) is 0 Å². The van der Waals surface area contributed by atoms with Gasteiger partial charge in [0, 0.05) is 17.9 Å². The average Bonchev–Trinajstić information content (AvgIpc) is 2.74. The normalized spacial score (nSPS) is 25.6. The molecule has 2 heterocycles. The van der Waals surface area contributed by atoms with Gasteiger partial charge in [-0.2, -0.15) is 0 Å². The molecule has 0 fully saturated rings. The first-order valence-electron chi connectivity index (χ1n) is 6.29. The van der Waals surface area contributed by atoms with E-state index in [-0.39, 0.29) is 0 Å². The lowest BCUT2D eigenvalue weighted by atomic mass is 10.0. The molecule has 17 heavy (non-hydrogen) atoms. The van der Waals surface area contributed by atoms with E-state index >= 15 is 0 Å². The molecule has 1 aromatic rings. The molecule has 0 saturated heterocycles. The van der Waals surface area contributed by atoms with Gasteiger partial charge in [-0.25, -0.2) is 0 Å². The summed E-state index contributed by atoms with van der Waals surface area (Å²) in [5, 5.41) is 15.5. The largest absolute Gasteiger partial charge is 0.396 e. The van der Waals surface area contributed by atoms with Gasteiger partial charge in [0.05, 0.1) is 4.21 Å². The molecule has 0 bridgehead atoms. The maximum atomic E-state index is 8.91. The SMILES string of the molecule is CC(CCO)CNC1C[C@H](C)Sc2sccc21. The van der Waals surface area contributed by atoms with Crippen molar-refractivity contribution in [3.63, 3.8) is 0 Å². The van der Waals surface area contributed by atoms with E-state index in [1.807, 2.05) is 23.1 Å². The van der Waals surface area contributed by atoms with Crippen molar-refractivity contribution in [2.24, 2.45) is 5.92 Å². The van der Waals surface area contributed by atoms with Crippen LogP contribution in [0.15, 0.2) is 15.7 Å². The number of thiophene rings is 1. The van der Waals surface area contributed by atoms with Crippen LogP contribution in [0.3, 0.4) is 0 Å². The molecular weight excluding hydrogens is 250 g/mol. The standard InChI is InChI=1S/C13H21NOS2/c1-9(3-5-15)8-14-12-7-10(2)17-13-11(12)4-6-16-13/h4,6,9-10,12,14-15H,3,5,7-8H2,1-2H3/t9?,10-,12?/m0/s1. The minimum Gasteiger partial charge on any atom is -0.396 e. The van der Waals surface area contributed by atoms with Crippen LogP contribution in [-0.2, 0) is 0 Å². The van der Waals surface area contributed by atoms with E-state index in [2.05, 4.69) is 30.6 Å². The van der Waals surface area contributed by atoms with E-state index in [9.17, 15) is 0 Å². The molecule has 1 aliphatic heterocycles. The molecule has 0 spiro atoms. The third-order valence-corrected chi connectivity index (χ3v) is 5.59. The molecule has 96 valence electrons. The number of nitrogens with one attached hydrogen (secondary N) is 1. The van der Waals surface area contributed by atoms with Crippen molar-refractivity contribution in [2.45, 2.75) is 42.2 Å². The maximum Gasteiger partial charge on any atom is 0.0649 e. The summed E-state index contributed by atoms with van der Waals surface area (Å²) in [6.07, 6.45) is 2.10. The van der Waals surface area contributed by atoms with Gasteiger partial charge in [0.1, 0.15) is 0 Å². The molecule has 2 unspecified atom stereocenters. The Bertz CT molecular complexity index is 353. The first-order valence-corrected chi connectivity index (χ1v) is 8.05. The molecule has 0 amide bonds. The van der Waals surface area contributed by atoms with Crippen molar-refractivity contribution < 1.29 is 5.11 Å². The molecule has 4 heteroatoms. The quantitative estimate of drug-likeness (QED) is 0.862. The molecule has 1 aliphatic rings. The highest BCUT2D eigenvalue weighted by Crippen LogP contribution is 2.43. The van der Waals surface area contributed by atoms with Gasteiger partial charge in [-0.1, -0.05) is 13.8 Å². The Morgan fingerprint density at radius 1 is 1.59 bits per heavy atom. The predicted octanol–water partition coefficient (Wildman–Crippen LogP) is 3.28. The zero-order chi connectivity index (χ0) is 12.3. The Balaban J connectivity index is 1.93. The fourth-order valence-corrected chi connectivity index (χ4v) is 4.78. The van der Waals surface area contributed by atoms with E-state index in [4.69, 9.17) is 5.11 Å². The van der Waals surface area contributed by atoms with Gasteiger partial charge >= 0.3 is 0 Å². The van der Waals surface area contributed by atoms with Crippen LogP contribution in [0.1, 0.15) is 38.3 Å². The summed E-state index contributed by atoms with van der Waals surface area (Å²) in [5.41, 5.74) is 1.48. The highest BCUT2D eigenvalue weighted by Gasteiger charge is 2.25. The molecule has 3 atom stereocenters. The van der Waals surface area contributed by atoms with Crippen LogP contribution in [-0.4, -0.2) is 23.5 Å². The molecule has 0 saturated carbocycles. The van der Waals surface area contributed by atoms with E-state index < -0.39 is 0 Å². The smallest absolute Gasteiger partial charge is 0.0649 e. The van der Waals surface area contributed by atoms with E-state index in [1.54, 1.807) is 0 Å². The van der Waals surface area contributed by atoms with Gasteiger partial charge in [0.25, 0.3) is 0 Å². The number of aliphatic hydroxyl groups excluding tert-OH is 1. The second-order valence-corrected chi connectivity index (χ2v) is 7.53. The lowest BCUT2D eigenvalue weighted by Gasteiger charge is -2.28. The maximum absolute atomic E-state index is 8.91. The van der Waals surface area contributed by atoms with Crippen LogP contribution in [0.2, 0.25) is 0 Å². The Morgan fingerprint density at radius 2 is 2.41 bits per heavy atom. The first-order chi connectivity index (χ1) is 8.20. The summed E-state index contributed by atoms with van der Waals surface area (Å²) < 4.78 is 1.48. The van der Waals surface area contributed by atoms with Crippen LogP contribution in [0.25, 0.3) is 0 Å². The van der Waals surface area contributed by atoms with Gasteiger partial charge in [-0.3, -0.25) is 0 Å². The van der Waals surface area contributed by atoms with Crippen LogP contribution in [0.5, 0.6) is 0 Å². The molecule has 0 aliphatic carbocycles. The number of aliphatic hydroxyl groups is 1. The Labute approximate surface area is 112 Å². The predicted molar refractivity (Wildman–Crippen MR) is 75.9 cm³/mol. The van der Waals surface area contributed by atoms with Crippen LogP contribution >= 0.6 is 23.1 Å². The fourth-order valence-electron chi connectivity index (χ4n) is 2.21. The van der Waals surface area contributed by atoms with Crippen molar-refractivity contribution in [2.75, 3.05) is 13.2 Å². The van der Waals surface area contributed by atoms with Crippen molar-refractivity contribution in [1.82, 2.24) is 5.32 Å². The number of rotatable bonds is 5. The Hall–Kier alpha value is -0.0300. The Morgan fingerprint density at radius 3 is 3.18 bits per heavy atom. The average molecular weight is 271 g/mol. The monoisotopic (exact) mass is 271 g/mol. The molecule has 0 radical (unpaired) electrons. The third-order valence-electron chi connectivity index (χ3n) is 3.24. The summed E-state index contributed by atoms with van der Waals surface area (Å²) in [4.78, 5) is 0. The van der Waals surface area contributed by atoms with Crippen molar-refractivity contribution >= 4 is 23.1 Å². The van der Waals surface area contributed by atoms with Gasteiger partial charge < -0.3 is 10.4 Å². The zero-order valence-electron chi connectivity index (χ0n) is 10.5. The van der Waals surface area contributed by atoms with Gasteiger partial charge in [0.15, 0.2) is 0 Å². The van der Waals surface area contributed by atoms with Crippen LogP contribution in [0.4, 0.5) is 0 Å². The minimum absolute atomic E-state index is 0.295. The molecule has 1 aromatic heterocycles. The summed E-state index contributed by atoms with van der Waals surface area (Å²) in [6, 6.07) is 2.77.